The number of carbonyl (C=O) groups excluding carboxylic acids is 1. The van der Waals surface area contributed by atoms with Crippen molar-refractivity contribution in [2.24, 2.45) is 0 Å². The summed E-state index contributed by atoms with van der Waals surface area (Å²) in [5.74, 6) is -0.676. The van der Waals surface area contributed by atoms with Crippen LogP contribution in [0.5, 0.6) is 0 Å². The number of esters is 1. The highest BCUT2D eigenvalue weighted by atomic mass is 16.5. The highest BCUT2D eigenvalue weighted by molar-refractivity contribution is 5.69. The maximum Gasteiger partial charge on any atom is 0.306 e. The molecular formula is C46H78O4. The van der Waals surface area contributed by atoms with Gasteiger partial charge in [0.25, 0.3) is 0 Å². The van der Waals surface area contributed by atoms with Crippen LogP contribution in [0.1, 0.15) is 200 Å². The quantitative estimate of drug-likeness (QED) is 0.0399. The van der Waals surface area contributed by atoms with Crippen molar-refractivity contribution in [3.05, 3.63) is 72.9 Å². The molecule has 286 valence electrons. The zero-order valence-electron chi connectivity index (χ0n) is 32.7. The number of hydrogen-bond donors (Lipinski definition) is 1. The van der Waals surface area contributed by atoms with Crippen LogP contribution in [0.2, 0.25) is 0 Å². The van der Waals surface area contributed by atoms with E-state index in [2.05, 4.69) is 86.8 Å². The van der Waals surface area contributed by atoms with Crippen molar-refractivity contribution in [1.29, 1.82) is 0 Å². The first kappa shape index (κ1) is 47.4. The van der Waals surface area contributed by atoms with Crippen LogP contribution >= 0.6 is 0 Å². The minimum Gasteiger partial charge on any atom is -0.481 e. The predicted octanol–water partition coefficient (Wildman–Crippen LogP) is 14.7. The summed E-state index contributed by atoms with van der Waals surface area (Å²) in [4.78, 5) is 23.1. The molecule has 4 heteroatoms. The van der Waals surface area contributed by atoms with Crippen molar-refractivity contribution in [3.63, 3.8) is 0 Å². The normalized spacial score (nSPS) is 13.0. The second-order valence-corrected chi connectivity index (χ2v) is 13.8. The summed E-state index contributed by atoms with van der Waals surface area (Å²) in [7, 11) is 0. The van der Waals surface area contributed by atoms with E-state index in [4.69, 9.17) is 9.84 Å². The third kappa shape index (κ3) is 39.8. The molecule has 0 aromatic heterocycles. The van der Waals surface area contributed by atoms with E-state index in [0.717, 1.165) is 96.3 Å². The lowest BCUT2D eigenvalue weighted by Gasteiger charge is -2.18. The molecule has 0 fully saturated rings. The van der Waals surface area contributed by atoms with Crippen LogP contribution in [0.25, 0.3) is 0 Å². The molecule has 0 aromatic carbocycles. The number of hydrogen-bond acceptors (Lipinski definition) is 3. The van der Waals surface area contributed by atoms with E-state index in [0.29, 0.717) is 12.8 Å². The number of allylic oxidation sites excluding steroid dienone is 12. The molecule has 0 bridgehead atoms. The number of unbranched alkanes of at least 4 members (excludes halogenated alkanes) is 16. The molecular weight excluding hydrogens is 617 g/mol. The van der Waals surface area contributed by atoms with Gasteiger partial charge in [0.1, 0.15) is 6.10 Å². The second-order valence-electron chi connectivity index (χ2n) is 13.8. The molecule has 0 aromatic rings. The molecule has 0 saturated carbocycles. The van der Waals surface area contributed by atoms with Gasteiger partial charge in [-0.1, -0.05) is 170 Å². The molecule has 0 aliphatic carbocycles. The van der Waals surface area contributed by atoms with Crippen LogP contribution < -0.4 is 0 Å². The Labute approximate surface area is 309 Å². The Morgan fingerprint density at radius 2 is 0.840 bits per heavy atom. The van der Waals surface area contributed by atoms with E-state index in [-0.39, 0.29) is 12.1 Å². The number of carboxylic acids is 1. The molecule has 0 aliphatic heterocycles. The van der Waals surface area contributed by atoms with E-state index in [1.165, 1.54) is 77.0 Å². The van der Waals surface area contributed by atoms with Gasteiger partial charge in [0, 0.05) is 12.8 Å². The highest BCUT2D eigenvalue weighted by Crippen LogP contribution is 2.18. The third-order valence-corrected chi connectivity index (χ3v) is 8.94. The second kappa shape index (κ2) is 40.8. The molecule has 4 nitrogen and oxygen atoms in total. The average molecular weight is 695 g/mol. The zero-order valence-corrected chi connectivity index (χ0v) is 32.7. The molecule has 0 aliphatic rings. The number of carbonyl (C=O) groups is 2. The zero-order chi connectivity index (χ0) is 36.4. The van der Waals surface area contributed by atoms with Gasteiger partial charge in [-0.05, 0) is 89.9 Å². The van der Waals surface area contributed by atoms with Gasteiger partial charge in [0.15, 0.2) is 0 Å². The number of rotatable bonds is 37. The molecule has 50 heavy (non-hydrogen) atoms. The summed E-state index contributed by atoms with van der Waals surface area (Å²) >= 11 is 0. The van der Waals surface area contributed by atoms with Crippen LogP contribution in [0.4, 0.5) is 0 Å². The van der Waals surface area contributed by atoms with Crippen LogP contribution in [-0.2, 0) is 14.3 Å². The summed E-state index contributed by atoms with van der Waals surface area (Å²) in [6.07, 6.45) is 58.2. The Kier molecular flexibility index (Phi) is 38.7. The fourth-order valence-electron chi connectivity index (χ4n) is 5.89. The first-order valence-electron chi connectivity index (χ1n) is 20.9. The van der Waals surface area contributed by atoms with E-state index in [1.54, 1.807) is 0 Å². The van der Waals surface area contributed by atoms with Crippen molar-refractivity contribution in [2.45, 2.75) is 206 Å². The van der Waals surface area contributed by atoms with Crippen LogP contribution in [-0.4, -0.2) is 23.1 Å². The fraction of sp³-hybridized carbons (Fsp3) is 0.696. The molecule has 0 heterocycles. The van der Waals surface area contributed by atoms with E-state index in [9.17, 15) is 9.59 Å². The molecule has 1 unspecified atom stereocenters. The molecule has 0 rings (SSSR count). The lowest BCUT2D eigenvalue weighted by molar-refractivity contribution is -0.150. The Morgan fingerprint density at radius 3 is 1.28 bits per heavy atom. The minimum absolute atomic E-state index is 0.00507. The molecule has 0 amide bonds. The molecule has 0 radical (unpaired) electrons. The van der Waals surface area contributed by atoms with Gasteiger partial charge < -0.3 is 9.84 Å². The lowest BCUT2D eigenvalue weighted by atomic mass is 10.0. The Hall–Kier alpha value is -2.62. The first-order chi connectivity index (χ1) is 24.6. The minimum atomic E-state index is -0.671. The standard InChI is InChI=1S/C46H78O4/c1-3-5-7-8-9-10-11-12-13-14-15-16-17-18-19-23-26-29-32-35-39-43-46(49)50-44(40-36-6-4-2)41-37-33-30-27-24-21-20-22-25-28-31-34-38-42-45(47)48/h5,7,9-10,12-13,15-16,18-19,26,29,44H,3-4,6,8,11,14,17,20-25,27-28,30-43H2,1-2H3,(H,47,48)/b7-5-,10-9-,13-12-,16-15-,19-18-,29-26-. The summed E-state index contributed by atoms with van der Waals surface area (Å²) < 4.78 is 5.96. The van der Waals surface area contributed by atoms with Gasteiger partial charge in [-0.3, -0.25) is 9.59 Å². The van der Waals surface area contributed by atoms with Crippen molar-refractivity contribution < 1.29 is 19.4 Å². The largest absolute Gasteiger partial charge is 0.481 e. The van der Waals surface area contributed by atoms with Gasteiger partial charge in [-0.2, -0.15) is 0 Å². The van der Waals surface area contributed by atoms with Gasteiger partial charge in [-0.15, -0.1) is 0 Å². The Morgan fingerprint density at radius 1 is 0.460 bits per heavy atom. The number of carboxylic acid groups (broad SMARTS) is 1. The van der Waals surface area contributed by atoms with Gasteiger partial charge >= 0.3 is 11.9 Å². The molecule has 1 N–H and O–H groups in total. The van der Waals surface area contributed by atoms with Gasteiger partial charge in [-0.25, -0.2) is 0 Å². The summed E-state index contributed by atoms with van der Waals surface area (Å²) in [5.41, 5.74) is 0. The smallest absolute Gasteiger partial charge is 0.306 e. The average Bonchev–Trinajstić information content (AvgIpc) is 3.10. The van der Waals surface area contributed by atoms with Crippen molar-refractivity contribution in [3.8, 4) is 0 Å². The van der Waals surface area contributed by atoms with Crippen molar-refractivity contribution >= 4 is 11.9 Å². The number of aliphatic carboxylic acids is 1. The topological polar surface area (TPSA) is 63.6 Å². The van der Waals surface area contributed by atoms with Crippen molar-refractivity contribution in [1.82, 2.24) is 0 Å². The Bertz CT molecular complexity index is 922. The van der Waals surface area contributed by atoms with Crippen LogP contribution in [0, 0.1) is 0 Å². The summed E-state index contributed by atoms with van der Waals surface area (Å²) in [6, 6.07) is 0. The van der Waals surface area contributed by atoms with Crippen LogP contribution in [0.3, 0.4) is 0 Å². The van der Waals surface area contributed by atoms with E-state index in [1.807, 2.05) is 0 Å². The molecule has 0 saturated heterocycles. The Balaban J connectivity index is 3.84. The SMILES string of the molecule is CC/C=C\C/C=C\C/C=C\C/C=C\C/C=C\C/C=C\CCCCC(=O)OC(CCCCC)CCCCCCCCCCCCCCCC(=O)O. The highest BCUT2D eigenvalue weighted by Gasteiger charge is 2.14. The van der Waals surface area contributed by atoms with Gasteiger partial charge in [0.05, 0.1) is 0 Å². The monoisotopic (exact) mass is 695 g/mol. The predicted molar refractivity (Wildman–Crippen MR) is 218 cm³/mol. The first-order valence-corrected chi connectivity index (χ1v) is 20.9. The summed E-state index contributed by atoms with van der Waals surface area (Å²) in [5, 5.41) is 8.68. The molecule has 1 atom stereocenters. The molecule has 0 spiro atoms. The maximum atomic E-state index is 12.6. The summed E-state index contributed by atoms with van der Waals surface area (Å²) in [6.45, 7) is 4.39. The van der Waals surface area contributed by atoms with E-state index >= 15 is 0 Å². The number of ether oxygens (including phenoxy) is 1. The maximum absolute atomic E-state index is 12.6. The fourth-order valence-corrected chi connectivity index (χ4v) is 5.89. The lowest BCUT2D eigenvalue weighted by Crippen LogP contribution is -2.18. The third-order valence-electron chi connectivity index (χ3n) is 8.94. The van der Waals surface area contributed by atoms with E-state index < -0.39 is 5.97 Å². The van der Waals surface area contributed by atoms with Crippen LogP contribution in [0.15, 0.2) is 72.9 Å². The van der Waals surface area contributed by atoms with Gasteiger partial charge in [0.2, 0.25) is 0 Å². The van der Waals surface area contributed by atoms with Crippen molar-refractivity contribution in [2.75, 3.05) is 0 Å².